The third-order valence-corrected chi connectivity index (χ3v) is 6.21. The maximum Gasteiger partial charge on any atom is 0.266 e. The molecule has 6 nitrogen and oxygen atoms in total. The summed E-state index contributed by atoms with van der Waals surface area (Å²) in [6, 6.07) is 19.5. The van der Waals surface area contributed by atoms with Gasteiger partial charge in [0.25, 0.3) is 5.91 Å². The van der Waals surface area contributed by atoms with Crippen molar-refractivity contribution < 1.29 is 23.6 Å². The molecule has 0 saturated carbocycles. The topological polar surface area (TPSA) is 59.1 Å². The van der Waals surface area contributed by atoms with E-state index in [1.165, 1.54) is 24.3 Å². The number of ether oxygens (including phenoxy) is 1. The lowest BCUT2D eigenvalue weighted by molar-refractivity contribution is -0.126. The number of rotatable bonds is 4. The van der Waals surface area contributed by atoms with E-state index in [1.54, 1.807) is 18.2 Å². The summed E-state index contributed by atoms with van der Waals surface area (Å²) >= 11 is 3.49. The first-order valence-corrected chi connectivity index (χ1v) is 10.8. The van der Waals surface area contributed by atoms with Crippen molar-refractivity contribution in [1.29, 1.82) is 0 Å². The fourth-order valence-electron chi connectivity index (χ4n) is 4.31. The number of imide groups is 1. The quantitative estimate of drug-likeness (QED) is 0.492. The molecule has 0 radical (unpaired) electrons. The maximum absolute atomic E-state index is 13.6. The van der Waals surface area contributed by atoms with Gasteiger partial charge < -0.3 is 4.74 Å². The lowest BCUT2D eigenvalue weighted by atomic mass is 9.90. The fourth-order valence-corrected chi connectivity index (χ4v) is 4.69. The highest BCUT2D eigenvalue weighted by Gasteiger charge is 2.60. The van der Waals surface area contributed by atoms with Gasteiger partial charge in [0.1, 0.15) is 17.5 Å². The van der Waals surface area contributed by atoms with Gasteiger partial charge in [-0.1, -0.05) is 34.1 Å². The van der Waals surface area contributed by atoms with E-state index in [0.29, 0.717) is 22.7 Å². The number of carbonyl (C=O) groups is 2. The van der Waals surface area contributed by atoms with Gasteiger partial charge in [0.05, 0.1) is 24.5 Å². The highest BCUT2D eigenvalue weighted by atomic mass is 79.9. The zero-order valence-electron chi connectivity index (χ0n) is 16.9. The van der Waals surface area contributed by atoms with Crippen molar-refractivity contribution >= 4 is 39.1 Å². The Kier molecular flexibility index (Phi) is 5.19. The molecule has 2 aliphatic heterocycles. The molecule has 162 valence electrons. The van der Waals surface area contributed by atoms with Crippen LogP contribution in [0.1, 0.15) is 11.6 Å². The number of hydrogen-bond donors (Lipinski definition) is 0. The van der Waals surface area contributed by atoms with Gasteiger partial charge in [0.15, 0.2) is 6.10 Å². The number of fused-ring (bicyclic) bond motifs is 1. The van der Waals surface area contributed by atoms with E-state index in [1.807, 2.05) is 42.5 Å². The Hall–Kier alpha value is -3.23. The van der Waals surface area contributed by atoms with Crippen LogP contribution in [0.3, 0.4) is 0 Å². The zero-order valence-corrected chi connectivity index (χ0v) is 18.5. The van der Waals surface area contributed by atoms with Crippen LogP contribution >= 0.6 is 15.9 Å². The number of para-hydroxylation sites is 1. The molecule has 0 bridgehead atoms. The normalized spacial score (nSPS) is 22.4. The molecule has 2 amide bonds. The van der Waals surface area contributed by atoms with Crippen LogP contribution < -0.4 is 14.7 Å². The van der Waals surface area contributed by atoms with Gasteiger partial charge in [-0.25, -0.2) is 14.4 Å². The third kappa shape index (κ3) is 3.27. The Morgan fingerprint density at radius 3 is 2.34 bits per heavy atom. The predicted molar refractivity (Wildman–Crippen MR) is 120 cm³/mol. The maximum atomic E-state index is 13.6. The SMILES string of the molecule is COc1ccc(Br)cc1[C@H]1[C@@H]2C(=O)N(c3ccc(F)cc3)C(=O)[C@H]2ON1c1ccccc1. The standard InChI is InChI=1S/C24H18BrFN2O4/c1-31-19-12-7-14(25)13-18(19)21-20-22(32-28(21)17-5-3-2-4-6-17)24(30)27(23(20)29)16-10-8-15(26)9-11-16/h2-13,20-22H,1H3/t20-,21-,22-/m0/s1. The number of amides is 2. The van der Waals surface area contributed by atoms with Crippen molar-refractivity contribution in [3.05, 3.63) is 88.6 Å². The molecule has 8 heteroatoms. The van der Waals surface area contributed by atoms with Crippen molar-refractivity contribution in [3.8, 4) is 5.75 Å². The van der Waals surface area contributed by atoms with E-state index in [0.717, 1.165) is 9.37 Å². The smallest absolute Gasteiger partial charge is 0.266 e. The first-order valence-electron chi connectivity index (χ1n) is 9.97. The van der Waals surface area contributed by atoms with E-state index in [-0.39, 0.29) is 0 Å². The first kappa shape index (κ1) is 20.7. The van der Waals surface area contributed by atoms with Crippen LogP contribution in [0.4, 0.5) is 15.8 Å². The van der Waals surface area contributed by atoms with Crippen molar-refractivity contribution in [2.45, 2.75) is 12.1 Å². The molecule has 0 N–H and O–H groups in total. The number of hydrogen-bond acceptors (Lipinski definition) is 5. The molecule has 2 fully saturated rings. The number of hydroxylamine groups is 1. The summed E-state index contributed by atoms with van der Waals surface area (Å²) in [7, 11) is 1.55. The van der Waals surface area contributed by atoms with Gasteiger partial charge in [-0.05, 0) is 54.6 Å². The van der Waals surface area contributed by atoms with E-state index in [4.69, 9.17) is 9.57 Å². The molecule has 0 aromatic heterocycles. The largest absolute Gasteiger partial charge is 0.496 e. The number of nitrogens with zero attached hydrogens (tertiary/aromatic N) is 2. The van der Waals surface area contributed by atoms with Crippen LogP contribution in [-0.4, -0.2) is 25.0 Å². The lowest BCUT2D eigenvalue weighted by Gasteiger charge is -2.29. The molecule has 0 unspecified atom stereocenters. The minimum atomic E-state index is -1.01. The average molecular weight is 497 g/mol. The van der Waals surface area contributed by atoms with Gasteiger partial charge in [0.2, 0.25) is 5.91 Å². The van der Waals surface area contributed by atoms with Crippen LogP contribution in [0, 0.1) is 11.7 Å². The molecular formula is C24H18BrFN2O4. The highest BCUT2D eigenvalue weighted by molar-refractivity contribution is 9.10. The van der Waals surface area contributed by atoms with Crippen molar-refractivity contribution in [3.63, 3.8) is 0 Å². The van der Waals surface area contributed by atoms with E-state index in [9.17, 15) is 14.0 Å². The molecule has 0 aliphatic carbocycles. The molecule has 32 heavy (non-hydrogen) atoms. The summed E-state index contributed by atoms with van der Waals surface area (Å²) in [6.07, 6.45) is -1.01. The van der Waals surface area contributed by atoms with Crippen molar-refractivity contribution in [2.24, 2.45) is 5.92 Å². The summed E-state index contributed by atoms with van der Waals surface area (Å²) < 4.78 is 19.8. The Morgan fingerprint density at radius 1 is 0.938 bits per heavy atom. The Bertz CT molecular complexity index is 1190. The zero-order chi connectivity index (χ0) is 22.4. The average Bonchev–Trinajstić information content (AvgIpc) is 3.31. The van der Waals surface area contributed by atoms with Crippen LogP contribution in [0.2, 0.25) is 0 Å². The van der Waals surface area contributed by atoms with Gasteiger partial charge in [0, 0.05) is 10.0 Å². The minimum Gasteiger partial charge on any atom is -0.496 e. The third-order valence-electron chi connectivity index (χ3n) is 5.72. The molecule has 5 rings (SSSR count). The van der Waals surface area contributed by atoms with E-state index < -0.39 is 35.7 Å². The van der Waals surface area contributed by atoms with Crippen LogP contribution in [-0.2, 0) is 14.4 Å². The second-order valence-electron chi connectivity index (χ2n) is 7.53. The molecule has 3 aromatic carbocycles. The summed E-state index contributed by atoms with van der Waals surface area (Å²) in [5.41, 5.74) is 1.73. The Morgan fingerprint density at radius 2 is 1.66 bits per heavy atom. The number of anilines is 2. The van der Waals surface area contributed by atoms with Crippen molar-refractivity contribution in [1.82, 2.24) is 0 Å². The van der Waals surface area contributed by atoms with Crippen LogP contribution in [0.25, 0.3) is 0 Å². The Balaban J connectivity index is 1.63. The summed E-state index contributed by atoms with van der Waals surface area (Å²) in [5, 5.41) is 1.61. The summed E-state index contributed by atoms with van der Waals surface area (Å²) in [6.45, 7) is 0. The molecular weight excluding hydrogens is 479 g/mol. The van der Waals surface area contributed by atoms with Gasteiger partial charge >= 0.3 is 0 Å². The van der Waals surface area contributed by atoms with Crippen LogP contribution in [0.15, 0.2) is 77.3 Å². The molecule has 2 saturated heterocycles. The van der Waals surface area contributed by atoms with Gasteiger partial charge in [-0.3, -0.25) is 14.4 Å². The first-order chi connectivity index (χ1) is 15.5. The predicted octanol–water partition coefficient (Wildman–Crippen LogP) is 4.65. The molecule has 0 spiro atoms. The summed E-state index contributed by atoms with van der Waals surface area (Å²) in [5.74, 6) is -1.57. The van der Waals surface area contributed by atoms with E-state index in [2.05, 4.69) is 15.9 Å². The van der Waals surface area contributed by atoms with Gasteiger partial charge in [-0.2, -0.15) is 0 Å². The molecule has 3 aromatic rings. The minimum absolute atomic E-state index is 0.311. The molecule has 3 atom stereocenters. The van der Waals surface area contributed by atoms with Crippen LogP contribution in [0.5, 0.6) is 5.75 Å². The fraction of sp³-hybridized carbons (Fsp3) is 0.167. The number of carbonyl (C=O) groups excluding carboxylic acids is 2. The number of methoxy groups -OCH3 is 1. The van der Waals surface area contributed by atoms with E-state index >= 15 is 0 Å². The summed E-state index contributed by atoms with van der Waals surface area (Å²) in [4.78, 5) is 34.0. The van der Waals surface area contributed by atoms with Gasteiger partial charge in [-0.15, -0.1) is 0 Å². The molecule has 2 heterocycles. The number of halogens is 2. The second kappa shape index (κ2) is 8.03. The molecule has 2 aliphatic rings. The highest BCUT2D eigenvalue weighted by Crippen LogP contribution is 2.49. The van der Waals surface area contributed by atoms with Crippen molar-refractivity contribution in [2.75, 3.05) is 17.1 Å². The monoisotopic (exact) mass is 496 g/mol. The number of benzene rings is 3. The Labute approximate surface area is 192 Å². The second-order valence-corrected chi connectivity index (χ2v) is 8.45. The lowest BCUT2D eigenvalue weighted by Crippen LogP contribution is -2.37.